The van der Waals surface area contributed by atoms with Crippen molar-refractivity contribution in [1.29, 1.82) is 5.26 Å². The molecular formula is C14H7Cl4N. The monoisotopic (exact) mass is 329 g/mol. The molecule has 0 heterocycles. The van der Waals surface area contributed by atoms with Gasteiger partial charge in [0.1, 0.15) is 0 Å². The molecule has 0 radical (unpaired) electrons. The van der Waals surface area contributed by atoms with Crippen molar-refractivity contribution in [3.8, 4) is 17.2 Å². The maximum absolute atomic E-state index is 8.86. The molecule has 5 heteroatoms. The molecule has 0 aliphatic rings. The predicted molar refractivity (Wildman–Crippen MR) is 81.2 cm³/mol. The van der Waals surface area contributed by atoms with Crippen molar-refractivity contribution >= 4 is 46.4 Å². The Morgan fingerprint density at radius 3 is 2.16 bits per heavy atom. The summed E-state index contributed by atoms with van der Waals surface area (Å²) >= 11 is 24.0. The Balaban J connectivity index is 2.64. The smallest absolute Gasteiger partial charge is 0.0778 e. The third-order valence-corrected chi connectivity index (χ3v) is 4.07. The Kier molecular flexibility index (Phi) is 4.60. The van der Waals surface area contributed by atoms with Gasteiger partial charge in [0.2, 0.25) is 0 Å². The van der Waals surface area contributed by atoms with Crippen LogP contribution in [-0.2, 0) is 6.42 Å². The molecule has 0 unspecified atom stereocenters. The van der Waals surface area contributed by atoms with Gasteiger partial charge in [0.05, 0.1) is 27.6 Å². The van der Waals surface area contributed by atoms with Crippen LogP contribution in [0.4, 0.5) is 0 Å². The second kappa shape index (κ2) is 6.03. The molecule has 0 N–H and O–H groups in total. The van der Waals surface area contributed by atoms with Gasteiger partial charge in [0.15, 0.2) is 0 Å². The number of halogens is 4. The van der Waals surface area contributed by atoms with Gasteiger partial charge >= 0.3 is 0 Å². The summed E-state index contributed by atoms with van der Waals surface area (Å²) in [4.78, 5) is 0. The summed E-state index contributed by atoms with van der Waals surface area (Å²) in [5.41, 5.74) is 2.48. The number of hydrogen-bond donors (Lipinski definition) is 0. The highest BCUT2D eigenvalue weighted by molar-refractivity contribution is 6.48. The van der Waals surface area contributed by atoms with Crippen molar-refractivity contribution in [3.05, 3.63) is 56.0 Å². The van der Waals surface area contributed by atoms with E-state index in [0.717, 1.165) is 16.7 Å². The highest BCUT2D eigenvalue weighted by Gasteiger charge is 2.11. The number of hydrogen-bond acceptors (Lipinski definition) is 1. The number of benzene rings is 2. The molecule has 2 aromatic rings. The minimum absolute atomic E-state index is 0.282. The molecular weight excluding hydrogens is 324 g/mol. The van der Waals surface area contributed by atoms with Crippen LogP contribution in [-0.4, -0.2) is 0 Å². The fraction of sp³-hybridized carbons (Fsp3) is 0.0714. The molecule has 0 atom stereocenters. The van der Waals surface area contributed by atoms with Gasteiger partial charge in [0, 0.05) is 5.02 Å². The lowest BCUT2D eigenvalue weighted by Crippen LogP contribution is -1.89. The zero-order valence-corrected chi connectivity index (χ0v) is 12.6. The second-order valence-electron chi connectivity index (χ2n) is 3.89. The minimum Gasteiger partial charge on any atom is -0.198 e. The molecule has 0 aliphatic heterocycles. The second-order valence-corrected chi connectivity index (χ2v) is 5.52. The highest BCUT2D eigenvalue weighted by Crippen LogP contribution is 2.37. The van der Waals surface area contributed by atoms with Crippen molar-refractivity contribution in [1.82, 2.24) is 0 Å². The molecule has 0 aromatic heterocycles. The molecule has 1 nitrogen and oxygen atoms in total. The van der Waals surface area contributed by atoms with Gasteiger partial charge in [-0.15, -0.1) is 0 Å². The fourth-order valence-corrected chi connectivity index (χ4v) is 2.54. The Bertz CT molecular complexity index is 651. The van der Waals surface area contributed by atoms with Gasteiger partial charge in [-0.2, -0.15) is 5.26 Å². The Morgan fingerprint density at radius 2 is 1.58 bits per heavy atom. The van der Waals surface area contributed by atoms with Crippen molar-refractivity contribution in [2.75, 3.05) is 0 Å². The first-order valence-electron chi connectivity index (χ1n) is 5.33. The van der Waals surface area contributed by atoms with Crippen LogP contribution in [0.3, 0.4) is 0 Å². The molecule has 0 saturated heterocycles. The number of nitriles is 1. The standard InChI is InChI=1S/C14H7Cl4N/c15-10-2-1-8(3-4-19)11(7-10)9-5-12(16)14(18)13(17)6-9/h1-2,5-7H,3H2. The van der Waals surface area contributed by atoms with Gasteiger partial charge < -0.3 is 0 Å². The van der Waals surface area contributed by atoms with Crippen molar-refractivity contribution in [2.24, 2.45) is 0 Å². The summed E-state index contributed by atoms with van der Waals surface area (Å²) in [6, 6.07) is 10.9. The van der Waals surface area contributed by atoms with E-state index >= 15 is 0 Å². The molecule has 2 rings (SSSR count). The Labute approximate surface area is 131 Å². The third kappa shape index (κ3) is 3.16. The Hall–Kier alpha value is -0.910. The molecule has 2 aromatic carbocycles. The van der Waals surface area contributed by atoms with E-state index in [2.05, 4.69) is 6.07 Å². The van der Waals surface area contributed by atoms with E-state index in [1.165, 1.54) is 0 Å². The van der Waals surface area contributed by atoms with E-state index in [1.807, 2.05) is 6.07 Å². The number of rotatable bonds is 2. The summed E-state index contributed by atoms with van der Waals surface area (Å²) in [7, 11) is 0. The lowest BCUT2D eigenvalue weighted by Gasteiger charge is -2.10. The van der Waals surface area contributed by atoms with Crippen molar-refractivity contribution in [3.63, 3.8) is 0 Å². The minimum atomic E-state index is 0.282. The summed E-state index contributed by atoms with van der Waals surface area (Å²) in [6.45, 7) is 0. The van der Waals surface area contributed by atoms with Gasteiger partial charge in [-0.25, -0.2) is 0 Å². The van der Waals surface area contributed by atoms with Gasteiger partial charge in [-0.05, 0) is 41.0 Å². The van der Waals surface area contributed by atoms with E-state index in [-0.39, 0.29) is 6.42 Å². The van der Waals surface area contributed by atoms with Crippen LogP contribution in [0.15, 0.2) is 30.3 Å². The average Bonchev–Trinajstić information content (AvgIpc) is 2.37. The molecule has 0 aliphatic carbocycles. The number of nitrogens with zero attached hydrogens (tertiary/aromatic N) is 1. The lowest BCUT2D eigenvalue weighted by atomic mass is 9.98. The maximum atomic E-state index is 8.86. The van der Waals surface area contributed by atoms with Crippen LogP contribution in [0.5, 0.6) is 0 Å². The molecule has 19 heavy (non-hydrogen) atoms. The van der Waals surface area contributed by atoms with Crippen molar-refractivity contribution < 1.29 is 0 Å². The largest absolute Gasteiger partial charge is 0.198 e. The van der Waals surface area contributed by atoms with Crippen LogP contribution in [0.25, 0.3) is 11.1 Å². The summed E-state index contributed by atoms with van der Waals surface area (Å²) in [5, 5.41) is 10.5. The molecule has 0 saturated carbocycles. The molecule has 0 fully saturated rings. The van der Waals surface area contributed by atoms with Crippen LogP contribution < -0.4 is 0 Å². The molecule has 0 bridgehead atoms. The van der Waals surface area contributed by atoms with Gasteiger partial charge in [-0.3, -0.25) is 0 Å². The summed E-state index contributed by atoms with van der Waals surface area (Å²) in [6.07, 6.45) is 0.282. The fourth-order valence-electron chi connectivity index (χ4n) is 1.77. The first kappa shape index (κ1) is 14.5. The normalized spacial score (nSPS) is 10.3. The van der Waals surface area contributed by atoms with E-state index in [0.29, 0.717) is 20.1 Å². The predicted octanol–water partition coefficient (Wildman–Crippen LogP) is 6.03. The summed E-state index contributed by atoms with van der Waals surface area (Å²) < 4.78 is 0. The van der Waals surface area contributed by atoms with Crippen LogP contribution >= 0.6 is 46.4 Å². The lowest BCUT2D eigenvalue weighted by molar-refractivity contribution is 1.26. The zero-order chi connectivity index (χ0) is 14.0. The van der Waals surface area contributed by atoms with Crippen LogP contribution in [0.2, 0.25) is 20.1 Å². The van der Waals surface area contributed by atoms with E-state index in [4.69, 9.17) is 51.7 Å². The van der Waals surface area contributed by atoms with E-state index in [9.17, 15) is 0 Å². The Morgan fingerprint density at radius 1 is 0.947 bits per heavy atom. The SMILES string of the molecule is N#CCc1ccc(Cl)cc1-c1cc(Cl)c(Cl)c(Cl)c1. The van der Waals surface area contributed by atoms with Gasteiger partial charge in [0.25, 0.3) is 0 Å². The molecule has 0 spiro atoms. The quantitative estimate of drug-likeness (QED) is 0.616. The molecule has 0 amide bonds. The highest BCUT2D eigenvalue weighted by atomic mass is 35.5. The topological polar surface area (TPSA) is 23.8 Å². The third-order valence-electron chi connectivity index (χ3n) is 2.64. The zero-order valence-electron chi connectivity index (χ0n) is 9.55. The van der Waals surface area contributed by atoms with E-state index < -0.39 is 0 Å². The first-order chi connectivity index (χ1) is 9.02. The first-order valence-corrected chi connectivity index (χ1v) is 6.84. The average molecular weight is 331 g/mol. The summed E-state index contributed by atoms with van der Waals surface area (Å²) in [5.74, 6) is 0. The van der Waals surface area contributed by atoms with Crippen LogP contribution in [0.1, 0.15) is 5.56 Å². The van der Waals surface area contributed by atoms with E-state index in [1.54, 1.807) is 24.3 Å². The molecule has 96 valence electrons. The van der Waals surface area contributed by atoms with Crippen LogP contribution in [0, 0.1) is 11.3 Å². The van der Waals surface area contributed by atoms with Crippen molar-refractivity contribution in [2.45, 2.75) is 6.42 Å². The van der Waals surface area contributed by atoms with Gasteiger partial charge in [-0.1, -0.05) is 52.5 Å². The maximum Gasteiger partial charge on any atom is 0.0778 e.